The molecule has 0 aromatic heterocycles. The van der Waals surface area contributed by atoms with Gasteiger partial charge in [0.15, 0.2) is 0 Å². The standard InChI is InChI=1S/C17H24O3/c1-13-6-5-7-14(10-13)11-15(16(18)19)12-17(20)8-3-2-4-9-17/h5-7,10,15,20H,2-4,8-9,11-12H2,1H3,(H,18,19). The van der Waals surface area contributed by atoms with E-state index in [4.69, 9.17) is 0 Å². The lowest BCUT2D eigenvalue weighted by Crippen LogP contribution is -2.36. The third-order valence-corrected chi connectivity index (χ3v) is 4.32. The van der Waals surface area contributed by atoms with E-state index in [0.29, 0.717) is 12.8 Å². The van der Waals surface area contributed by atoms with Crippen molar-refractivity contribution < 1.29 is 15.0 Å². The van der Waals surface area contributed by atoms with Crippen LogP contribution in [-0.2, 0) is 11.2 Å². The summed E-state index contributed by atoms with van der Waals surface area (Å²) in [7, 11) is 0. The van der Waals surface area contributed by atoms with E-state index in [9.17, 15) is 15.0 Å². The van der Waals surface area contributed by atoms with Gasteiger partial charge in [0.1, 0.15) is 0 Å². The van der Waals surface area contributed by atoms with Crippen molar-refractivity contribution in [3.8, 4) is 0 Å². The van der Waals surface area contributed by atoms with Gasteiger partial charge in [-0.1, -0.05) is 49.1 Å². The van der Waals surface area contributed by atoms with E-state index >= 15 is 0 Å². The molecule has 2 N–H and O–H groups in total. The summed E-state index contributed by atoms with van der Waals surface area (Å²) in [6.45, 7) is 2.01. The molecule has 1 fully saturated rings. The van der Waals surface area contributed by atoms with Gasteiger partial charge in [0.2, 0.25) is 0 Å². The van der Waals surface area contributed by atoms with Crippen molar-refractivity contribution in [1.29, 1.82) is 0 Å². The Morgan fingerprint density at radius 3 is 2.60 bits per heavy atom. The maximum absolute atomic E-state index is 11.5. The molecule has 1 atom stereocenters. The number of carbonyl (C=O) groups is 1. The van der Waals surface area contributed by atoms with Crippen molar-refractivity contribution in [2.45, 2.75) is 57.5 Å². The molecule has 110 valence electrons. The summed E-state index contributed by atoms with van der Waals surface area (Å²) in [4.78, 5) is 11.5. The lowest BCUT2D eigenvalue weighted by molar-refractivity contribution is -0.145. The zero-order valence-electron chi connectivity index (χ0n) is 12.1. The normalized spacial score (nSPS) is 19.5. The predicted octanol–water partition coefficient (Wildman–Crippen LogP) is 3.32. The van der Waals surface area contributed by atoms with Gasteiger partial charge in [0.05, 0.1) is 11.5 Å². The Kier molecular flexibility index (Phi) is 4.81. The van der Waals surface area contributed by atoms with E-state index in [0.717, 1.165) is 43.2 Å². The zero-order chi connectivity index (χ0) is 14.6. The summed E-state index contributed by atoms with van der Waals surface area (Å²) in [6.07, 6.45) is 5.52. The van der Waals surface area contributed by atoms with Crippen molar-refractivity contribution in [3.05, 3.63) is 35.4 Å². The number of aliphatic hydroxyl groups is 1. The van der Waals surface area contributed by atoms with Gasteiger partial charge in [-0.25, -0.2) is 0 Å². The molecule has 1 unspecified atom stereocenters. The highest BCUT2D eigenvalue weighted by molar-refractivity contribution is 5.70. The van der Waals surface area contributed by atoms with Gasteiger partial charge in [-0.15, -0.1) is 0 Å². The van der Waals surface area contributed by atoms with Crippen LogP contribution in [-0.4, -0.2) is 21.8 Å². The van der Waals surface area contributed by atoms with Crippen LogP contribution in [0.3, 0.4) is 0 Å². The zero-order valence-corrected chi connectivity index (χ0v) is 12.1. The minimum absolute atomic E-state index is 0.371. The first kappa shape index (κ1) is 15.0. The van der Waals surface area contributed by atoms with Crippen LogP contribution in [0, 0.1) is 12.8 Å². The van der Waals surface area contributed by atoms with Gasteiger partial charge >= 0.3 is 5.97 Å². The summed E-state index contributed by atoms with van der Waals surface area (Å²) in [6, 6.07) is 7.96. The Morgan fingerprint density at radius 1 is 1.30 bits per heavy atom. The number of carboxylic acids is 1. The maximum atomic E-state index is 11.5. The summed E-state index contributed by atoms with van der Waals surface area (Å²) in [5.41, 5.74) is 1.41. The Morgan fingerprint density at radius 2 is 2.00 bits per heavy atom. The monoisotopic (exact) mass is 276 g/mol. The Labute approximate surface area is 120 Å². The lowest BCUT2D eigenvalue weighted by Gasteiger charge is -2.34. The van der Waals surface area contributed by atoms with Crippen LogP contribution in [0.25, 0.3) is 0 Å². The van der Waals surface area contributed by atoms with Crippen LogP contribution in [0.1, 0.15) is 49.7 Å². The van der Waals surface area contributed by atoms with Crippen molar-refractivity contribution in [2.24, 2.45) is 5.92 Å². The number of rotatable bonds is 5. The average molecular weight is 276 g/mol. The highest BCUT2D eigenvalue weighted by Gasteiger charge is 2.34. The first-order valence-corrected chi connectivity index (χ1v) is 7.49. The smallest absolute Gasteiger partial charge is 0.306 e. The van der Waals surface area contributed by atoms with E-state index in [-0.39, 0.29) is 0 Å². The SMILES string of the molecule is Cc1cccc(CC(CC2(O)CCCCC2)C(=O)O)c1. The van der Waals surface area contributed by atoms with Gasteiger partial charge in [-0.2, -0.15) is 0 Å². The molecule has 1 aliphatic rings. The van der Waals surface area contributed by atoms with Crippen LogP contribution in [0.15, 0.2) is 24.3 Å². The number of carboxylic acid groups (broad SMARTS) is 1. The molecular formula is C17H24O3. The van der Waals surface area contributed by atoms with Crippen LogP contribution < -0.4 is 0 Å². The third-order valence-electron chi connectivity index (χ3n) is 4.32. The fraction of sp³-hybridized carbons (Fsp3) is 0.588. The minimum atomic E-state index is -0.800. The maximum Gasteiger partial charge on any atom is 0.306 e. The fourth-order valence-electron chi connectivity index (χ4n) is 3.24. The minimum Gasteiger partial charge on any atom is -0.481 e. The number of benzene rings is 1. The van der Waals surface area contributed by atoms with E-state index < -0.39 is 17.5 Å². The van der Waals surface area contributed by atoms with E-state index in [1.807, 2.05) is 31.2 Å². The van der Waals surface area contributed by atoms with Crippen molar-refractivity contribution >= 4 is 5.97 Å². The fourth-order valence-corrected chi connectivity index (χ4v) is 3.24. The summed E-state index contributed by atoms with van der Waals surface area (Å²) in [5.74, 6) is -1.30. The number of hydrogen-bond acceptors (Lipinski definition) is 2. The molecule has 0 saturated heterocycles. The summed E-state index contributed by atoms with van der Waals surface area (Å²) in [5, 5.41) is 20.0. The molecule has 0 amide bonds. The highest BCUT2D eigenvalue weighted by Crippen LogP contribution is 2.34. The molecule has 1 aromatic carbocycles. The first-order chi connectivity index (χ1) is 9.48. The number of aryl methyl sites for hydroxylation is 1. The molecule has 0 heterocycles. The number of hydrogen-bond donors (Lipinski definition) is 2. The van der Waals surface area contributed by atoms with E-state index in [1.165, 1.54) is 0 Å². The predicted molar refractivity (Wildman–Crippen MR) is 78.7 cm³/mol. The molecule has 1 aromatic rings. The van der Waals surface area contributed by atoms with E-state index in [1.54, 1.807) is 0 Å². The summed E-state index contributed by atoms with van der Waals surface area (Å²) < 4.78 is 0. The van der Waals surface area contributed by atoms with Crippen LogP contribution in [0.2, 0.25) is 0 Å². The van der Waals surface area contributed by atoms with Crippen LogP contribution >= 0.6 is 0 Å². The molecule has 20 heavy (non-hydrogen) atoms. The first-order valence-electron chi connectivity index (χ1n) is 7.49. The quantitative estimate of drug-likeness (QED) is 0.867. The molecule has 3 nitrogen and oxygen atoms in total. The van der Waals surface area contributed by atoms with Crippen LogP contribution in [0.4, 0.5) is 0 Å². The molecule has 0 bridgehead atoms. The second-order valence-electron chi connectivity index (χ2n) is 6.22. The molecular weight excluding hydrogens is 252 g/mol. The molecule has 2 rings (SSSR count). The lowest BCUT2D eigenvalue weighted by atomic mass is 9.77. The average Bonchev–Trinajstić information content (AvgIpc) is 2.38. The third kappa shape index (κ3) is 4.07. The second-order valence-corrected chi connectivity index (χ2v) is 6.22. The molecule has 3 heteroatoms. The Hall–Kier alpha value is -1.35. The molecule has 1 saturated carbocycles. The van der Waals surface area contributed by atoms with Gasteiger partial charge in [-0.05, 0) is 38.2 Å². The molecule has 0 aliphatic heterocycles. The second kappa shape index (κ2) is 6.40. The van der Waals surface area contributed by atoms with Gasteiger partial charge in [-0.3, -0.25) is 4.79 Å². The Bertz CT molecular complexity index is 461. The molecule has 0 spiro atoms. The highest BCUT2D eigenvalue weighted by atomic mass is 16.4. The van der Waals surface area contributed by atoms with E-state index in [2.05, 4.69) is 0 Å². The van der Waals surface area contributed by atoms with Crippen molar-refractivity contribution in [2.75, 3.05) is 0 Å². The van der Waals surface area contributed by atoms with Crippen molar-refractivity contribution in [1.82, 2.24) is 0 Å². The van der Waals surface area contributed by atoms with Crippen molar-refractivity contribution in [3.63, 3.8) is 0 Å². The van der Waals surface area contributed by atoms with Crippen LogP contribution in [0.5, 0.6) is 0 Å². The molecule has 1 aliphatic carbocycles. The van der Waals surface area contributed by atoms with Gasteiger partial charge < -0.3 is 10.2 Å². The topological polar surface area (TPSA) is 57.5 Å². The molecule has 0 radical (unpaired) electrons. The van der Waals surface area contributed by atoms with Gasteiger partial charge in [0.25, 0.3) is 0 Å². The number of aliphatic carboxylic acids is 1. The Balaban J connectivity index is 2.05. The van der Waals surface area contributed by atoms with Gasteiger partial charge in [0, 0.05) is 0 Å². The largest absolute Gasteiger partial charge is 0.481 e. The summed E-state index contributed by atoms with van der Waals surface area (Å²) >= 11 is 0.